The quantitative estimate of drug-likeness (QED) is 0.639. The molecule has 0 saturated heterocycles. The molecule has 5 nitrogen and oxygen atoms in total. The molecule has 0 saturated carbocycles. The van der Waals surface area contributed by atoms with Crippen molar-refractivity contribution < 1.29 is 4.79 Å². The number of rotatable bonds is 10. The summed E-state index contributed by atoms with van der Waals surface area (Å²) >= 11 is 0. The number of hydrogen-bond acceptors (Lipinski definition) is 3. The minimum atomic E-state index is -0.376. The molecule has 1 amide bonds. The Kier molecular flexibility index (Phi) is 7.00. The van der Waals surface area contributed by atoms with E-state index in [4.69, 9.17) is 5.73 Å². The number of carbonyl (C=O) groups is 1. The number of nitrogens with zero attached hydrogens (tertiary/aromatic N) is 2. The Morgan fingerprint density at radius 2 is 2.16 bits per heavy atom. The second kappa shape index (κ2) is 8.56. The zero-order chi connectivity index (χ0) is 14.1. The lowest BCUT2D eigenvalue weighted by molar-refractivity contribution is -0.118. The number of aromatic nitrogens is 2. The van der Waals surface area contributed by atoms with Gasteiger partial charge in [0.05, 0.1) is 11.9 Å². The Labute approximate surface area is 115 Å². The van der Waals surface area contributed by atoms with Crippen LogP contribution in [0.4, 0.5) is 5.69 Å². The molecule has 0 fully saturated rings. The summed E-state index contributed by atoms with van der Waals surface area (Å²) in [7, 11) is 0. The number of nitrogens with one attached hydrogen (secondary N) is 1. The summed E-state index contributed by atoms with van der Waals surface area (Å²) in [5, 5.41) is 7.47. The number of primary amides is 1. The van der Waals surface area contributed by atoms with Gasteiger partial charge < -0.3 is 11.1 Å². The first-order chi connectivity index (χ1) is 9.11. The van der Waals surface area contributed by atoms with Crippen molar-refractivity contribution in [2.45, 2.75) is 65.0 Å². The summed E-state index contributed by atoms with van der Waals surface area (Å²) in [4.78, 5) is 10.8. The van der Waals surface area contributed by atoms with Gasteiger partial charge in [-0.05, 0) is 13.3 Å². The standard InChI is InChI=1S/C14H26N4O/c1-3-4-5-6-7-8-12(2)17-13-9-16-18(10-13)11-14(15)19/h9-10,12,17H,3-8,11H2,1-2H3,(H2,15,19). The molecule has 1 heterocycles. The summed E-state index contributed by atoms with van der Waals surface area (Å²) in [5.74, 6) is -0.376. The van der Waals surface area contributed by atoms with Crippen molar-refractivity contribution in [3.8, 4) is 0 Å². The van der Waals surface area contributed by atoms with Gasteiger partial charge in [0.2, 0.25) is 5.91 Å². The highest BCUT2D eigenvalue weighted by molar-refractivity contribution is 5.73. The normalized spacial score (nSPS) is 12.3. The zero-order valence-corrected chi connectivity index (χ0v) is 12.1. The van der Waals surface area contributed by atoms with Gasteiger partial charge >= 0.3 is 0 Å². The average Bonchev–Trinajstić information content (AvgIpc) is 2.75. The van der Waals surface area contributed by atoms with Crippen molar-refractivity contribution in [1.29, 1.82) is 0 Å². The number of carbonyl (C=O) groups excluding carboxylic acids is 1. The smallest absolute Gasteiger partial charge is 0.239 e. The minimum Gasteiger partial charge on any atom is -0.380 e. The van der Waals surface area contributed by atoms with Gasteiger partial charge in [0.15, 0.2) is 0 Å². The number of anilines is 1. The van der Waals surface area contributed by atoms with Crippen LogP contribution in [0.1, 0.15) is 52.4 Å². The predicted molar refractivity (Wildman–Crippen MR) is 77.9 cm³/mol. The summed E-state index contributed by atoms with van der Waals surface area (Å²) < 4.78 is 1.55. The van der Waals surface area contributed by atoms with Gasteiger partial charge in [0.1, 0.15) is 6.54 Å². The van der Waals surface area contributed by atoms with E-state index < -0.39 is 0 Å². The fourth-order valence-corrected chi connectivity index (χ4v) is 2.10. The zero-order valence-electron chi connectivity index (χ0n) is 12.1. The molecule has 1 aromatic rings. The van der Waals surface area contributed by atoms with Crippen LogP contribution in [-0.4, -0.2) is 21.7 Å². The van der Waals surface area contributed by atoms with Crippen LogP contribution in [0.3, 0.4) is 0 Å². The third-order valence-electron chi connectivity index (χ3n) is 3.10. The molecule has 0 bridgehead atoms. The molecule has 0 spiro atoms. The van der Waals surface area contributed by atoms with Crippen LogP contribution in [0.25, 0.3) is 0 Å². The Bertz CT molecular complexity index is 375. The molecule has 0 aromatic carbocycles. The second-order valence-corrected chi connectivity index (χ2v) is 5.14. The number of amides is 1. The van der Waals surface area contributed by atoms with E-state index in [0.717, 1.165) is 12.1 Å². The Morgan fingerprint density at radius 3 is 2.84 bits per heavy atom. The van der Waals surface area contributed by atoms with Crippen LogP contribution < -0.4 is 11.1 Å². The van der Waals surface area contributed by atoms with Crippen molar-refractivity contribution in [2.24, 2.45) is 5.73 Å². The van der Waals surface area contributed by atoms with Gasteiger partial charge in [-0.2, -0.15) is 5.10 Å². The van der Waals surface area contributed by atoms with Gasteiger partial charge in [-0.1, -0.05) is 39.0 Å². The maximum atomic E-state index is 10.8. The maximum absolute atomic E-state index is 10.8. The third-order valence-corrected chi connectivity index (χ3v) is 3.10. The summed E-state index contributed by atoms with van der Waals surface area (Å²) in [6.45, 7) is 4.53. The molecule has 3 N–H and O–H groups in total. The molecule has 1 unspecified atom stereocenters. The lowest BCUT2D eigenvalue weighted by Gasteiger charge is -2.13. The minimum absolute atomic E-state index is 0.132. The van der Waals surface area contributed by atoms with E-state index in [9.17, 15) is 4.79 Å². The third kappa shape index (κ3) is 6.84. The van der Waals surface area contributed by atoms with E-state index in [1.807, 2.05) is 6.20 Å². The van der Waals surface area contributed by atoms with Gasteiger partial charge in [-0.3, -0.25) is 9.48 Å². The summed E-state index contributed by atoms with van der Waals surface area (Å²) in [6.07, 6.45) is 11.2. The molecular formula is C14H26N4O. The highest BCUT2D eigenvalue weighted by Gasteiger charge is 2.05. The first-order valence-electron chi connectivity index (χ1n) is 7.19. The SMILES string of the molecule is CCCCCCCC(C)Nc1cnn(CC(N)=O)c1. The summed E-state index contributed by atoms with van der Waals surface area (Å²) in [5.41, 5.74) is 6.07. The predicted octanol–water partition coefficient (Wildman–Crippen LogP) is 2.53. The fraction of sp³-hybridized carbons (Fsp3) is 0.714. The Hall–Kier alpha value is -1.52. The van der Waals surface area contributed by atoms with Gasteiger partial charge in [0.25, 0.3) is 0 Å². The molecule has 0 aliphatic rings. The molecule has 5 heteroatoms. The van der Waals surface area contributed by atoms with Crippen molar-refractivity contribution in [1.82, 2.24) is 9.78 Å². The fourth-order valence-electron chi connectivity index (χ4n) is 2.10. The number of hydrogen-bond donors (Lipinski definition) is 2. The van der Waals surface area contributed by atoms with Crippen LogP contribution in [0.2, 0.25) is 0 Å². The van der Waals surface area contributed by atoms with Crippen molar-refractivity contribution >= 4 is 11.6 Å². The summed E-state index contributed by atoms with van der Waals surface area (Å²) in [6, 6.07) is 0.424. The van der Waals surface area contributed by atoms with E-state index >= 15 is 0 Å². The lowest BCUT2D eigenvalue weighted by atomic mass is 10.1. The monoisotopic (exact) mass is 266 g/mol. The van der Waals surface area contributed by atoms with E-state index in [1.54, 1.807) is 10.9 Å². The Balaban J connectivity index is 2.22. The van der Waals surface area contributed by atoms with Gasteiger partial charge in [0, 0.05) is 12.2 Å². The highest BCUT2D eigenvalue weighted by Crippen LogP contribution is 2.12. The van der Waals surface area contributed by atoms with Crippen LogP contribution in [-0.2, 0) is 11.3 Å². The molecule has 108 valence electrons. The first kappa shape index (κ1) is 15.5. The van der Waals surface area contributed by atoms with E-state index in [2.05, 4.69) is 24.3 Å². The number of nitrogens with two attached hydrogens (primary N) is 1. The lowest BCUT2D eigenvalue weighted by Crippen LogP contribution is -2.19. The molecule has 0 aliphatic heterocycles. The topological polar surface area (TPSA) is 72.9 Å². The molecular weight excluding hydrogens is 240 g/mol. The van der Waals surface area contributed by atoms with Crippen LogP contribution >= 0.6 is 0 Å². The van der Waals surface area contributed by atoms with E-state index in [-0.39, 0.29) is 12.5 Å². The molecule has 1 atom stereocenters. The van der Waals surface area contributed by atoms with Crippen molar-refractivity contribution in [3.05, 3.63) is 12.4 Å². The highest BCUT2D eigenvalue weighted by atomic mass is 16.1. The average molecular weight is 266 g/mol. The van der Waals surface area contributed by atoms with Crippen molar-refractivity contribution in [3.63, 3.8) is 0 Å². The van der Waals surface area contributed by atoms with E-state index in [0.29, 0.717) is 6.04 Å². The Morgan fingerprint density at radius 1 is 1.42 bits per heavy atom. The molecule has 19 heavy (non-hydrogen) atoms. The van der Waals surface area contributed by atoms with Crippen LogP contribution in [0.5, 0.6) is 0 Å². The second-order valence-electron chi connectivity index (χ2n) is 5.14. The molecule has 0 radical (unpaired) electrons. The molecule has 1 aromatic heterocycles. The number of unbranched alkanes of at least 4 members (excludes halogenated alkanes) is 4. The van der Waals surface area contributed by atoms with Crippen LogP contribution in [0.15, 0.2) is 12.4 Å². The maximum Gasteiger partial charge on any atom is 0.239 e. The molecule has 1 rings (SSSR count). The molecule has 0 aliphatic carbocycles. The first-order valence-corrected chi connectivity index (χ1v) is 7.19. The van der Waals surface area contributed by atoms with Gasteiger partial charge in [-0.25, -0.2) is 0 Å². The van der Waals surface area contributed by atoms with Crippen LogP contribution in [0, 0.1) is 0 Å². The van der Waals surface area contributed by atoms with Crippen molar-refractivity contribution in [2.75, 3.05) is 5.32 Å². The largest absolute Gasteiger partial charge is 0.380 e. The van der Waals surface area contributed by atoms with E-state index in [1.165, 1.54) is 32.1 Å². The van der Waals surface area contributed by atoms with Gasteiger partial charge in [-0.15, -0.1) is 0 Å².